The number of hydrogen-bond acceptors (Lipinski definition) is 4. The van der Waals surface area contributed by atoms with Crippen molar-refractivity contribution < 1.29 is 9.52 Å². The zero-order chi connectivity index (χ0) is 16.5. The molecule has 126 valence electrons. The van der Waals surface area contributed by atoms with Gasteiger partial charge in [-0.1, -0.05) is 11.6 Å². The predicted molar refractivity (Wildman–Crippen MR) is 92.5 cm³/mol. The topological polar surface area (TPSA) is 63.2 Å². The minimum absolute atomic E-state index is 0.112. The third kappa shape index (κ3) is 3.23. The van der Waals surface area contributed by atoms with Gasteiger partial charge in [0, 0.05) is 30.4 Å². The summed E-state index contributed by atoms with van der Waals surface area (Å²) in [5.41, 5.74) is 2.15. The van der Waals surface area contributed by atoms with Gasteiger partial charge in [-0.25, -0.2) is 0 Å². The van der Waals surface area contributed by atoms with E-state index in [1.165, 1.54) is 5.56 Å². The molecule has 2 heterocycles. The van der Waals surface area contributed by atoms with Gasteiger partial charge < -0.3 is 14.8 Å². The Labute approximate surface area is 141 Å². The van der Waals surface area contributed by atoms with E-state index in [2.05, 4.69) is 35.5 Å². The van der Waals surface area contributed by atoms with Crippen LogP contribution < -0.4 is 5.32 Å². The molecule has 0 aliphatic heterocycles. The highest BCUT2D eigenvalue weighted by Gasteiger charge is 2.32. The molecule has 0 radical (unpaired) electrons. The highest BCUT2D eigenvalue weighted by Crippen LogP contribution is 2.28. The predicted octanol–water partition coefficient (Wildman–Crippen LogP) is 2.87. The maximum atomic E-state index is 10.3. The molecule has 3 aromatic rings. The van der Waals surface area contributed by atoms with Gasteiger partial charge in [-0.2, -0.15) is 5.10 Å². The lowest BCUT2D eigenvalue weighted by atomic mass is 10.1. The first kappa shape index (κ1) is 15.4. The summed E-state index contributed by atoms with van der Waals surface area (Å²) in [6.07, 6.45) is 5.24. The maximum Gasteiger partial charge on any atom is 0.134 e. The van der Waals surface area contributed by atoms with E-state index in [4.69, 9.17) is 4.42 Å². The monoisotopic (exact) mass is 325 g/mol. The van der Waals surface area contributed by atoms with Crippen molar-refractivity contribution in [2.24, 2.45) is 5.92 Å². The van der Waals surface area contributed by atoms with Crippen LogP contribution in [0.3, 0.4) is 0 Å². The Hall–Kier alpha value is -2.11. The fourth-order valence-corrected chi connectivity index (χ4v) is 3.70. The summed E-state index contributed by atoms with van der Waals surface area (Å²) in [4.78, 5) is 0. The number of nitrogens with zero attached hydrogens (tertiary/aromatic N) is 2. The number of furan rings is 1. The first-order valence-corrected chi connectivity index (χ1v) is 8.55. The van der Waals surface area contributed by atoms with E-state index in [0.29, 0.717) is 12.5 Å². The molecule has 2 N–H and O–H groups in total. The summed E-state index contributed by atoms with van der Waals surface area (Å²) in [7, 11) is 0. The fraction of sp³-hybridized carbons (Fsp3) is 0.421. The highest BCUT2D eigenvalue weighted by atomic mass is 16.3. The smallest absolute Gasteiger partial charge is 0.134 e. The number of aromatic nitrogens is 2. The lowest BCUT2D eigenvalue weighted by molar-refractivity contribution is 0.144. The van der Waals surface area contributed by atoms with Gasteiger partial charge in [0.15, 0.2) is 0 Å². The van der Waals surface area contributed by atoms with Crippen molar-refractivity contribution >= 4 is 11.0 Å². The van der Waals surface area contributed by atoms with Gasteiger partial charge in [-0.05, 0) is 49.9 Å². The van der Waals surface area contributed by atoms with E-state index < -0.39 is 0 Å². The van der Waals surface area contributed by atoms with Crippen molar-refractivity contribution in [3.63, 3.8) is 0 Å². The first-order valence-electron chi connectivity index (χ1n) is 8.55. The SMILES string of the molecule is Cc1ccc2oc(CN[C@@H]3CC(Cn4cccn4)C[C@H]3O)cc2c1. The Morgan fingerprint density at radius 1 is 1.33 bits per heavy atom. The number of hydrogen-bond donors (Lipinski definition) is 2. The third-order valence-electron chi connectivity index (χ3n) is 4.89. The summed E-state index contributed by atoms with van der Waals surface area (Å²) in [6, 6.07) is 10.3. The summed E-state index contributed by atoms with van der Waals surface area (Å²) in [6.45, 7) is 3.59. The van der Waals surface area contributed by atoms with Gasteiger partial charge >= 0.3 is 0 Å². The third-order valence-corrected chi connectivity index (χ3v) is 4.89. The van der Waals surface area contributed by atoms with Gasteiger partial charge in [0.2, 0.25) is 0 Å². The molecule has 1 unspecified atom stereocenters. The second-order valence-electron chi connectivity index (χ2n) is 6.87. The molecular formula is C19H23N3O2. The van der Waals surface area contributed by atoms with Crippen LogP contribution in [0.1, 0.15) is 24.2 Å². The minimum atomic E-state index is -0.308. The normalized spacial score (nSPS) is 24.0. The average Bonchev–Trinajstić information content (AvgIpc) is 3.26. The Morgan fingerprint density at radius 2 is 2.25 bits per heavy atom. The lowest BCUT2D eigenvalue weighted by Crippen LogP contribution is -2.35. The zero-order valence-corrected chi connectivity index (χ0v) is 13.9. The van der Waals surface area contributed by atoms with Crippen molar-refractivity contribution in [2.75, 3.05) is 0 Å². The molecule has 0 bridgehead atoms. The summed E-state index contributed by atoms with van der Waals surface area (Å²) in [5, 5.41) is 19.2. The molecule has 1 aliphatic rings. The van der Waals surface area contributed by atoms with Gasteiger partial charge in [0.1, 0.15) is 11.3 Å². The molecule has 2 aromatic heterocycles. The van der Waals surface area contributed by atoms with Crippen molar-refractivity contribution in [3.8, 4) is 0 Å². The molecule has 5 nitrogen and oxygen atoms in total. The quantitative estimate of drug-likeness (QED) is 0.757. The maximum absolute atomic E-state index is 10.3. The van der Waals surface area contributed by atoms with Gasteiger partial charge in [-0.15, -0.1) is 0 Å². The van der Waals surface area contributed by atoms with E-state index in [9.17, 15) is 5.11 Å². The van der Waals surface area contributed by atoms with E-state index >= 15 is 0 Å². The number of nitrogens with one attached hydrogen (secondary N) is 1. The van der Waals surface area contributed by atoms with Crippen LogP contribution in [0.4, 0.5) is 0 Å². The van der Waals surface area contributed by atoms with Crippen LogP contribution in [0.25, 0.3) is 11.0 Å². The Balaban J connectivity index is 1.36. The summed E-state index contributed by atoms with van der Waals surface area (Å²) >= 11 is 0. The van der Waals surface area contributed by atoms with E-state index in [0.717, 1.165) is 36.1 Å². The van der Waals surface area contributed by atoms with Crippen LogP contribution in [-0.4, -0.2) is 27.0 Å². The van der Waals surface area contributed by atoms with Crippen LogP contribution in [0.2, 0.25) is 0 Å². The Morgan fingerprint density at radius 3 is 3.08 bits per heavy atom. The molecule has 1 aliphatic carbocycles. The van der Waals surface area contributed by atoms with E-state index in [1.54, 1.807) is 6.20 Å². The first-order chi connectivity index (χ1) is 11.7. The fourth-order valence-electron chi connectivity index (χ4n) is 3.70. The molecule has 1 aromatic carbocycles. The van der Waals surface area contributed by atoms with Crippen LogP contribution in [0.15, 0.2) is 47.1 Å². The van der Waals surface area contributed by atoms with E-state index in [-0.39, 0.29) is 12.1 Å². The van der Waals surface area contributed by atoms with Crippen LogP contribution in [0.5, 0.6) is 0 Å². The largest absolute Gasteiger partial charge is 0.460 e. The minimum Gasteiger partial charge on any atom is -0.460 e. The molecule has 1 saturated carbocycles. The van der Waals surface area contributed by atoms with Crippen LogP contribution in [0, 0.1) is 12.8 Å². The Kier molecular flexibility index (Phi) is 4.12. The van der Waals surface area contributed by atoms with Gasteiger partial charge in [0.05, 0.1) is 12.6 Å². The number of aryl methyl sites for hydroxylation is 1. The molecule has 24 heavy (non-hydrogen) atoms. The van der Waals surface area contributed by atoms with Gasteiger partial charge in [0.25, 0.3) is 0 Å². The Bertz CT molecular complexity index is 809. The summed E-state index contributed by atoms with van der Waals surface area (Å²) < 4.78 is 7.82. The second kappa shape index (κ2) is 6.42. The highest BCUT2D eigenvalue weighted by molar-refractivity contribution is 5.78. The average molecular weight is 325 g/mol. The molecule has 4 rings (SSSR count). The standard InChI is InChI=1S/C19H23N3O2/c1-13-3-4-19-15(7-13)10-16(24-19)11-20-17-8-14(9-18(17)23)12-22-6-2-5-21-22/h2-7,10,14,17-18,20,23H,8-9,11-12H2,1H3/t14?,17-,18-/m1/s1. The lowest BCUT2D eigenvalue weighted by Gasteiger charge is -2.15. The molecule has 3 atom stereocenters. The number of fused-ring (bicyclic) bond motifs is 1. The van der Waals surface area contributed by atoms with Gasteiger partial charge in [-0.3, -0.25) is 4.68 Å². The number of aliphatic hydroxyl groups excluding tert-OH is 1. The van der Waals surface area contributed by atoms with Crippen molar-refractivity contribution in [1.29, 1.82) is 0 Å². The van der Waals surface area contributed by atoms with E-state index in [1.807, 2.05) is 23.0 Å². The summed E-state index contributed by atoms with van der Waals surface area (Å²) in [5.74, 6) is 1.37. The molecule has 5 heteroatoms. The number of benzene rings is 1. The van der Waals surface area contributed by atoms with Crippen LogP contribution >= 0.6 is 0 Å². The van der Waals surface area contributed by atoms with Crippen molar-refractivity contribution in [1.82, 2.24) is 15.1 Å². The zero-order valence-electron chi connectivity index (χ0n) is 13.9. The van der Waals surface area contributed by atoms with Crippen molar-refractivity contribution in [2.45, 2.75) is 45.0 Å². The molecule has 0 amide bonds. The molecule has 0 saturated heterocycles. The number of rotatable bonds is 5. The second-order valence-corrected chi connectivity index (χ2v) is 6.87. The molecular weight excluding hydrogens is 302 g/mol. The molecule has 0 spiro atoms. The van der Waals surface area contributed by atoms with Crippen molar-refractivity contribution in [3.05, 3.63) is 54.0 Å². The van der Waals surface area contributed by atoms with Crippen LogP contribution in [-0.2, 0) is 13.1 Å². The number of aliphatic hydroxyl groups is 1. The molecule has 1 fully saturated rings.